The van der Waals surface area contributed by atoms with Crippen molar-refractivity contribution in [2.75, 3.05) is 19.7 Å². The van der Waals surface area contributed by atoms with E-state index in [4.69, 9.17) is 4.74 Å². The minimum Gasteiger partial charge on any atom is -0.494 e. The van der Waals surface area contributed by atoms with Crippen molar-refractivity contribution in [3.63, 3.8) is 0 Å². The summed E-state index contributed by atoms with van der Waals surface area (Å²) >= 11 is 0. The monoisotopic (exact) mass is 237 g/mol. The Bertz CT molecular complexity index is 298. The van der Waals surface area contributed by atoms with E-state index in [-0.39, 0.29) is 0 Å². The highest BCUT2D eigenvalue weighted by molar-refractivity contribution is 5.28. The van der Waals surface area contributed by atoms with Crippen LogP contribution in [0.3, 0.4) is 0 Å². The number of benzene rings is 1. The molecule has 0 aliphatic heterocycles. The molecule has 0 heterocycles. The average molecular weight is 237 g/mol. The Morgan fingerprint density at radius 2 is 1.88 bits per heavy atom. The Hall–Kier alpha value is -1.06. The Balaban J connectivity index is 2.43. The summed E-state index contributed by atoms with van der Waals surface area (Å²) in [4.78, 5) is 0. The molecule has 0 saturated carbocycles. The maximum atomic E-state index is 9.91. The minimum atomic E-state index is -0.443. The highest BCUT2D eigenvalue weighted by atomic mass is 16.5. The van der Waals surface area contributed by atoms with Crippen molar-refractivity contribution in [3.8, 4) is 5.75 Å². The van der Waals surface area contributed by atoms with Gasteiger partial charge in [-0.3, -0.25) is 0 Å². The van der Waals surface area contributed by atoms with Gasteiger partial charge in [0.05, 0.1) is 12.7 Å². The van der Waals surface area contributed by atoms with Gasteiger partial charge in [-0.15, -0.1) is 0 Å². The van der Waals surface area contributed by atoms with Crippen LogP contribution in [0.25, 0.3) is 0 Å². The third-order valence-electron chi connectivity index (χ3n) is 2.50. The second-order valence-corrected chi connectivity index (χ2v) is 4.14. The van der Waals surface area contributed by atoms with Crippen LogP contribution in [0.4, 0.5) is 0 Å². The van der Waals surface area contributed by atoms with Crippen LogP contribution in [0.2, 0.25) is 0 Å². The van der Waals surface area contributed by atoms with Gasteiger partial charge in [0.2, 0.25) is 0 Å². The molecule has 1 aromatic carbocycles. The summed E-state index contributed by atoms with van der Waals surface area (Å²) in [6.07, 6.45) is 1.64. The van der Waals surface area contributed by atoms with Crippen LogP contribution in [0, 0.1) is 0 Å². The van der Waals surface area contributed by atoms with Gasteiger partial charge in [-0.1, -0.05) is 26.0 Å². The second-order valence-electron chi connectivity index (χ2n) is 4.14. The quantitative estimate of drug-likeness (QED) is 0.683. The summed E-state index contributed by atoms with van der Waals surface area (Å²) in [7, 11) is 0. The molecule has 1 unspecified atom stereocenters. The first kappa shape index (κ1) is 14.0. The fourth-order valence-corrected chi connectivity index (χ4v) is 1.54. The van der Waals surface area contributed by atoms with Gasteiger partial charge in [-0.25, -0.2) is 0 Å². The number of nitrogens with one attached hydrogen (secondary N) is 1. The zero-order chi connectivity index (χ0) is 12.5. The van der Waals surface area contributed by atoms with Crippen LogP contribution in [-0.4, -0.2) is 24.8 Å². The zero-order valence-corrected chi connectivity index (χ0v) is 10.8. The van der Waals surface area contributed by atoms with Crippen molar-refractivity contribution in [2.45, 2.75) is 32.8 Å². The summed E-state index contributed by atoms with van der Waals surface area (Å²) in [5.74, 6) is 0.865. The molecule has 1 atom stereocenters. The summed E-state index contributed by atoms with van der Waals surface area (Å²) in [6.45, 7) is 6.47. The largest absolute Gasteiger partial charge is 0.494 e. The van der Waals surface area contributed by atoms with Gasteiger partial charge in [-0.05, 0) is 37.1 Å². The van der Waals surface area contributed by atoms with Crippen LogP contribution in [-0.2, 0) is 0 Å². The summed E-state index contributed by atoms with van der Waals surface area (Å²) in [5.41, 5.74) is 0.928. The van der Waals surface area contributed by atoms with Crippen molar-refractivity contribution < 1.29 is 9.84 Å². The van der Waals surface area contributed by atoms with Gasteiger partial charge in [-0.2, -0.15) is 0 Å². The number of aliphatic hydroxyl groups excluding tert-OH is 1. The highest BCUT2D eigenvalue weighted by Gasteiger charge is 2.06. The van der Waals surface area contributed by atoms with E-state index in [0.29, 0.717) is 6.54 Å². The number of hydrogen-bond donors (Lipinski definition) is 2. The standard InChI is InChI=1S/C14H23NO2/c1-3-9-15-11-14(16)12-5-7-13(8-6-12)17-10-4-2/h5-8,14-16H,3-4,9-11H2,1-2H3. The molecule has 1 rings (SSSR count). The van der Waals surface area contributed by atoms with E-state index in [1.165, 1.54) is 0 Å². The smallest absolute Gasteiger partial charge is 0.119 e. The Labute approximate surface area is 104 Å². The van der Waals surface area contributed by atoms with Crippen molar-refractivity contribution in [1.29, 1.82) is 0 Å². The van der Waals surface area contributed by atoms with Gasteiger partial charge < -0.3 is 15.2 Å². The first-order chi connectivity index (χ1) is 8.27. The lowest BCUT2D eigenvalue weighted by Crippen LogP contribution is -2.22. The number of aliphatic hydroxyl groups is 1. The van der Waals surface area contributed by atoms with E-state index in [9.17, 15) is 5.11 Å². The summed E-state index contributed by atoms with van der Waals surface area (Å²) in [5, 5.41) is 13.1. The molecular formula is C14H23NO2. The molecule has 2 N–H and O–H groups in total. The van der Waals surface area contributed by atoms with E-state index in [1.54, 1.807) is 0 Å². The molecule has 0 saturated heterocycles. The fourth-order valence-electron chi connectivity index (χ4n) is 1.54. The third kappa shape index (κ3) is 5.20. The number of ether oxygens (including phenoxy) is 1. The topological polar surface area (TPSA) is 41.5 Å². The molecule has 1 aromatic rings. The molecule has 3 heteroatoms. The Morgan fingerprint density at radius 3 is 2.47 bits per heavy atom. The van der Waals surface area contributed by atoms with Crippen LogP contribution < -0.4 is 10.1 Å². The normalized spacial score (nSPS) is 12.4. The molecule has 17 heavy (non-hydrogen) atoms. The molecular weight excluding hydrogens is 214 g/mol. The highest BCUT2D eigenvalue weighted by Crippen LogP contribution is 2.17. The zero-order valence-electron chi connectivity index (χ0n) is 10.8. The fraction of sp³-hybridized carbons (Fsp3) is 0.571. The van der Waals surface area contributed by atoms with Crippen molar-refractivity contribution in [1.82, 2.24) is 5.32 Å². The van der Waals surface area contributed by atoms with Crippen molar-refractivity contribution in [3.05, 3.63) is 29.8 Å². The molecule has 0 aromatic heterocycles. The molecule has 3 nitrogen and oxygen atoms in total. The van der Waals surface area contributed by atoms with E-state index >= 15 is 0 Å². The van der Waals surface area contributed by atoms with Crippen LogP contribution in [0.1, 0.15) is 38.4 Å². The molecule has 0 radical (unpaired) electrons. The van der Waals surface area contributed by atoms with E-state index < -0.39 is 6.10 Å². The predicted octanol–water partition coefficient (Wildman–Crippen LogP) is 2.51. The molecule has 0 bridgehead atoms. The van der Waals surface area contributed by atoms with Gasteiger partial charge in [0.15, 0.2) is 0 Å². The summed E-state index contributed by atoms with van der Waals surface area (Å²) in [6, 6.07) is 7.66. The molecule has 96 valence electrons. The minimum absolute atomic E-state index is 0.443. The number of hydrogen-bond acceptors (Lipinski definition) is 3. The summed E-state index contributed by atoms with van der Waals surface area (Å²) < 4.78 is 5.49. The molecule has 0 amide bonds. The lowest BCUT2D eigenvalue weighted by atomic mass is 10.1. The third-order valence-corrected chi connectivity index (χ3v) is 2.50. The van der Waals surface area contributed by atoms with Crippen LogP contribution in [0.5, 0.6) is 5.75 Å². The number of rotatable bonds is 8. The Kier molecular flexibility index (Phi) is 6.67. The van der Waals surface area contributed by atoms with Crippen LogP contribution in [0.15, 0.2) is 24.3 Å². The lowest BCUT2D eigenvalue weighted by Gasteiger charge is -2.12. The SMILES string of the molecule is CCCNCC(O)c1ccc(OCCC)cc1. The molecule has 0 fully saturated rings. The maximum absolute atomic E-state index is 9.91. The first-order valence-electron chi connectivity index (χ1n) is 6.39. The second kappa shape index (κ2) is 8.09. The van der Waals surface area contributed by atoms with Crippen LogP contribution >= 0.6 is 0 Å². The van der Waals surface area contributed by atoms with Gasteiger partial charge in [0, 0.05) is 6.54 Å². The average Bonchev–Trinajstić information content (AvgIpc) is 2.37. The van der Waals surface area contributed by atoms with Crippen molar-refractivity contribution >= 4 is 0 Å². The van der Waals surface area contributed by atoms with E-state index in [2.05, 4.69) is 19.2 Å². The van der Waals surface area contributed by atoms with Crippen molar-refractivity contribution in [2.24, 2.45) is 0 Å². The van der Waals surface area contributed by atoms with E-state index in [1.807, 2.05) is 24.3 Å². The molecule has 0 aliphatic carbocycles. The van der Waals surface area contributed by atoms with E-state index in [0.717, 1.165) is 37.3 Å². The van der Waals surface area contributed by atoms with Gasteiger partial charge in [0.25, 0.3) is 0 Å². The maximum Gasteiger partial charge on any atom is 0.119 e. The van der Waals surface area contributed by atoms with Gasteiger partial charge >= 0.3 is 0 Å². The van der Waals surface area contributed by atoms with Gasteiger partial charge in [0.1, 0.15) is 5.75 Å². The predicted molar refractivity (Wildman–Crippen MR) is 70.3 cm³/mol. The Morgan fingerprint density at radius 1 is 1.18 bits per heavy atom. The molecule has 0 aliphatic rings. The lowest BCUT2D eigenvalue weighted by molar-refractivity contribution is 0.175. The first-order valence-corrected chi connectivity index (χ1v) is 6.39. The molecule has 0 spiro atoms.